The molecule has 2 aromatic carbocycles. The molecule has 0 saturated heterocycles. The largest absolute Gasteiger partial charge is 0.493 e. The highest BCUT2D eigenvalue weighted by Gasteiger charge is 2.15. The van der Waals surface area contributed by atoms with Gasteiger partial charge in [-0.05, 0) is 30.7 Å². The number of halogens is 1. The Hall–Kier alpha value is -2.99. The van der Waals surface area contributed by atoms with Crippen LogP contribution in [0.3, 0.4) is 0 Å². The summed E-state index contributed by atoms with van der Waals surface area (Å²) in [6.45, 7) is 2.01. The van der Waals surface area contributed by atoms with Crippen molar-refractivity contribution in [1.82, 2.24) is 15.0 Å². The van der Waals surface area contributed by atoms with E-state index in [1.54, 1.807) is 14.2 Å². The van der Waals surface area contributed by atoms with Gasteiger partial charge < -0.3 is 19.8 Å². The molecule has 0 fully saturated rings. The first kappa shape index (κ1) is 16.5. The van der Waals surface area contributed by atoms with Crippen molar-refractivity contribution in [3.63, 3.8) is 0 Å². The van der Waals surface area contributed by atoms with E-state index in [1.165, 1.54) is 6.33 Å². The molecule has 0 amide bonds. The summed E-state index contributed by atoms with van der Waals surface area (Å²) in [5, 5.41) is 4.94. The molecule has 0 aliphatic rings. The second-order valence-corrected chi connectivity index (χ2v) is 6.34. The fourth-order valence-corrected chi connectivity index (χ4v) is 3.14. The third kappa shape index (κ3) is 2.68. The SMILES string of the molecule is COc1cc2[nH]c3c(Nc4cc(Cl)ccc4C)ncnc3c2cc1OC. The molecule has 0 unspecified atom stereocenters. The van der Waals surface area contributed by atoms with Gasteiger partial charge in [0.15, 0.2) is 17.3 Å². The van der Waals surface area contributed by atoms with Crippen molar-refractivity contribution in [1.29, 1.82) is 0 Å². The number of rotatable bonds is 4. The van der Waals surface area contributed by atoms with Gasteiger partial charge in [-0.1, -0.05) is 17.7 Å². The molecule has 0 aliphatic carbocycles. The average Bonchev–Trinajstić information content (AvgIpc) is 3.02. The van der Waals surface area contributed by atoms with Gasteiger partial charge >= 0.3 is 0 Å². The topological polar surface area (TPSA) is 72.1 Å². The summed E-state index contributed by atoms with van der Waals surface area (Å²) in [5.41, 5.74) is 4.46. The molecule has 0 spiro atoms. The minimum atomic E-state index is 0.653. The van der Waals surface area contributed by atoms with Crippen LogP contribution in [0.4, 0.5) is 11.5 Å². The summed E-state index contributed by atoms with van der Waals surface area (Å²) in [7, 11) is 3.23. The molecule has 0 atom stereocenters. The van der Waals surface area contributed by atoms with Gasteiger partial charge in [-0.15, -0.1) is 0 Å². The summed E-state index contributed by atoms with van der Waals surface area (Å²) in [5.74, 6) is 1.98. The summed E-state index contributed by atoms with van der Waals surface area (Å²) in [6.07, 6.45) is 1.54. The number of nitrogens with zero attached hydrogens (tertiary/aromatic N) is 2. The molecular formula is C19H17ClN4O2. The lowest BCUT2D eigenvalue weighted by Gasteiger charge is -2.09. The van der Waals surface area contributed by atoms with Crippen LogP contribution in [-0.2, 0) is 0 Å². The quantitative estimate of drug-likeness (QED) is 0.539. The molecule has 2 aromatic heterocycles. The van der Waals surface area contributed by atoms with E-state index in [-0.39, 0.29) is 0 Å². The minimum absolute atomic E-state index is 0.653. The van der Waals surface area contributed by atoms with Crippen LogP contribution in [0, 0.1) is 6.92 Å². The molecule has 0 aliphatic heterocycles. The third-order valence-electron chi connectivity index (χ3n) is 4.34. The molecule has 7 heteroatoms. The summed E-state index contributed by atoms with van der Waals surface area (Å²) >= 11 is 6.12. The van der Waals surface area contributed by atoms with E-state index in [1.807, 2.05) is 37.3 Å². The van der Waals surface area contributed by atoms with Crippen LogP contribution in [0.1, 0.15) is 5.56 Å². The average molecular weight is 369 g/mol. The van der Waals surface area contributed by atoms with Crippen LogP contribution in [0.25, 0.3) is 21.9 Å². The lowest BCUT2D eigenvalue weighted by Crippen LogP contribution is -1.97. The van der Waals surface area contributed by atoms with Crippen LogP contribution < -0.4 is 14.8 Å². The van der Waals surface area contributed by atoms with Gasteiger partial charge in [0, 0.05) is 22.2 Å². The Morgan fingerprint density at radius 3 is 2.58 bits per heavy atom. The van der Waals surface area contributed by atoms with E-state index < -0.39 is 0 Å². The number of hydrogen-bond donors (Lipinski definition) is 2. The van der Waals surface area contributed by atoms with Crippen molar-refractivity contribution in [2.24, 2.45) is 0 Å². The van der Waals surface area contributed by atoms with Gasteiger partial charge in [-0.3, -0.25) is 0 Å². The molecule has 4 aromatic rings. The predicted molar refractivity (Wildman–Crippen MR) is 104 cm³/mol. The van der Waals surface area contributed by atoms with E-state index in [9.17, 15) is 0 Å². The van der Waals surface area contributed by atoms with Crippen LogP contribution in [0.15, 0.2) is 36.7 Å². The Morgan fingerprint density at radius 2 is 1.81 bits per heavy atom. The Labute approximate surface area is 155 Å². The van der Waals surface area contributed by atoms with Gasteiger partial charge in [0.25, 0.3) is 0 Å². The highest BCUT2D eigenvalue weighted by molar-refractivity contribution is 6.30. The monoisotopic (exact) mass is 368 g/mol. The number of hydrogen-bond acceptors (Lipinski definition) is 5. The number of nitrogens with one attached hydrogen (secondary N) is 2. The number of anilines is 2. The van der Waals surface area contributed by atoms with Gasteiger partial charge in [0.1, 0.15) is 17.4 Å². The summed E-state index contributed by atoms with van der Waals surface area (Å²) < 4.78 is 10.8. The smallest absolute Gasteiger partial charge is 0.162 e. The van der Waals surface area contributed by atoms with Crippen molar-refractivity contribution in [2.45, 2.75) is 6.92 Å². The Kier molecular flexibility index (Phi) is 4.05. The molecule has 0 bridgehead atoms. The molecule has 2 N–H and O–H groups in total. The number of aryl methyl sites for hydroxylation is 1. The number of aromatic nitrogens is 3. The standard InChI is InChI=1S/C19H17ClN4O2/c1-10-4-5-11(20)6-13(10)24-19-18-17(21-9-22-19)12-7-15(25-2)16(26-3)8-14(12)23-18/h4-9,23H,1-3H3,(H,21,22,24). The van der Waals surface area contributed by atoms with Gasteiger partial charge in [-0.25, -0.2) is 9.97 Å². The Bertz CT molecular complexity index is 1120. The number of fused-ring (bicyclic) bond motifs is 3. The second-order valence-electron chi connectivity index (χ2n) is 5.91. The fourth-order valence-electron chi connectivity index (χ4n) is 2.97. The van der Waals surface area contributed by atoms with Crippen LogP contribution >= 0.6 is 11.6 Å². The predicted octanol–water partition coefficient (Wildman–Crippen LogP) is 4.83. The zero-order chi connectivity index (χ0) is 18.3. The minimum Gasteiger partial charge on any atom is -0.493 e. The maximum Gasteiger partial charge on any atom is 0.162 e. The fraction of sp³-hybridized carbons (Fsp3) is 0.158. The first-order valence-electron chi connectivity index (χ1n) is 8.02. The highest BCUT2D eigenvalue weighted by atomic mass is 35.5. The maximum absolute atomic E-state index is 6.12. The third-order valence-corrected chi connectivity index (χ3v) is 4.57. The van der Waals surface area contributed by atoms with Crippen molar-refractivity contribution in [2.75, 3.05) is 19.5 Å². The first-order chi connectivity index (χ1) is 12.6. The maximum atomic E-state index is 6.12. The number of methoxy groups -OCH3 is 2. The zero-order valence-corrected chi connectivity index (χ0v) is 15.3. The first-order valence-corrected chi connectivity index (χ1v) is 8.40. The Morgan fingerprint density at radius 1 is 1.04 bits per heavy atom. The number of benzene rings is 2. The van der Waals surface area contributed by atoms with Crippen LogP contribution in [0.2, 0.25) is 5.02 Å². The highest BCUT2D eigenvalue weighted by Crippen LogP contribution is 2.37. The lowest BCUT2D eigenvalue weighted by atomic mass is 10.2. The molecule has 6 nitrogen and oxygen atoms in total. The molecular weight excluding hydrogens is 352 g/mol. The molecule has 4 rings (SSSR count). The summed E-state index contributed by atoms with van der Waals surface area (Å²) in [6, 6.07) is 9.50. The van der Waals surface area contributed by atoms with Crippen molar-refractivity contribution in [3.05, 3.63) is 47.2 Å². The van der Waals surface area contributed by atoms with Gasteiger partial charge in [0.05, 0.1) is 19.7 Å². The van der Waals surface area contributed by atoms with E-state index in [2.05, 4.69) is 20.3 Å². The van der Waals surface area contributed by atoms with Gasteiger partial charge in [-0.2, -0.15) is 0 Å². The number of aromatic amines is 1. The van der Waals surface area contributed by atoms with E-state index in [0.717, 1.165) is 33.2 Å². The van der Waals surface area contributed by atoms with Crippen LogP contribution in [-0.4, -0.2) is 29.2 Å². The molecule has 0 radical (unpaired) electrons. The summed E-state index contributed by atoms with van der Waals surface area (Å²) in [4.78, 5) is 12.2. The van der Waals surface area contributed by atoms with E-state index in [0.29, 0.717) is 22.3 Å². The van der Waals surface area contributed by atoms with Crippen molar-refractivity contribution < 1.29 is 9.47 Å². The molecule has 0 saturated carbocycles. The van der Waals surface area contributed by atoms with E-state index >= 15 is 0 Å². The molecule has 132 valence electrons. The molecule has 2 heterocycles. The van der Waals surface area contributed by atoms with Gasteiger partial charge in [0.2, 0.25) is 0 Å². The number of H-pyrrole nitrogens is 1. The van der Waals surface area contributed by atoms with Crippen molar-refractivity contribution in [3.8, 4) is 11.5 Å². The Balaban J connectivity index is 1.90. The lowest BCUT2D eigenvalue weighted by molar-refractivity contribution is 0.356. The second kappa shape index (κ2) is 6.38. The molecule has 26 heavy (non-hydrogen) atoms. The normalized spacial score (nSPS) is 11.1. The number of ether oxygens (including phenoxy) is 2. The zero-order valence-electron chi connectivity index (χ0n) is 14.6. The van der Waals surface area contributed by atoms with Crippen LogP contribution in [0.5, 0.6) is 11.5 Å². The van der Waals surface area contributed by atoms with E-state index in [4.69, 9.17) is 21.1 Å². The van der Waals surface area contributed by atoms with Crippen molar-refractivity contribution >= 4 is 45.0 Å².